The molecule has 2 aromatic carbocycles. The number of aromatic nitrogens is 3. The number of halogens is 2. The third-order valence-corrected chi connectivity index (χ3v) is 7.43. The summed E-state index contributed by atoms with van der Waals surface area (Å²) in [6, 6.07) is 19.4. The van der Waals surface area contributed by atoms with Crippen molar-refractivity contribution in [1.29, 1.82) is 5.26 Å². The fraction of sp³-hybridized carbons (Fsp3) is 0.259. The molecular weight excluding hydrogens is 540 g/mol. The molecule has 0 spiro atoms. The Morgan fingerprint density at radius 2 is 1.97 bits per heavy atom. The second kappa shape index (κ2) is 10.3. The minimum Gasteiger partial charge on any atom is -0.367 e. The van der Waals surface area contributed by atoms with E-state index in [2.05, 4.69) is 32.4 Å². The quantitative estimate of drug-likeness (QED) is 0.314. The van der Waals surface area contributed by atoms with E-state index in [4.69, 9.17) is 16.6 Å². The Morgan fingerprint density at radius 3 is 2.72 bits per heavy atom. The van der Waals surface area contributed by atoms with Crippen LogP contribution in [-0.4, -0.2) is 44.5 Å². The number of hydrogen-bond acceptors (Lipinski definition) is 5. The molecule has 1 amide bonds. The van der Waals surface area contributed by atoms with E-state index in [1.54, 1.807) is 10.7 Å². The van der Waals surface area contributed by atoms with E-state index in [0.717, 1.165) is 40.0 Å². The fourth-order valence-corrected chi connectivity index (χ4v) is 5.06. The van der Waals surface area contributed by atoms with Crippen LogP contribution in [0.5, 0.6) is 0 Å². The average Bonchev–Trinajstić information content (AvgIpc) is 3.29. The number of nitrogens with one attached hydrogen (secondary N) is 1. The van der Waals surface area contributed by atoms with Crippen LogP contribution in [0.25, 0.3) is 16.9 Å². The molecule has 1 aliphatic heterocycles. The van der Waals surface area contributed by atoms with Gasteiger partial charge in [0.15, 0.2) is 5.65 Å². The summed E-state index contributed by atoms with van der Waals surface area (Å²) < 4.78 is 2.58. The van der Waals surface area contributed by atoms with E-state index >= 15 is 0 Å². The maximum absolute atomic E-state index is 13.1. The van der Waals surface area contributed by atoms with Gasteiger partial charge in [-0.15, -0.1) is 0 Å². The first-order valence-electron chi connectivity index (χ1n) is 11.8. The number of nitriles is 1. The number of likely N-dealkylation sites (tertiary alicyclic amines) is 1. The van der Waals surface area contributed by atoms with E-state index in [1.807, 2.05) is 66.4 Å². The van der Waals surface area contributed by atoms with Crippen LogP contribution < -0.4 is 5.32 Å². The van der Waals surface area contributed by atoms with Crippen LogP contribution >= 0.6 is 27.5 Å². The van der Waals surface area contributed by atoms with Crippen molar-refractivity contribution in [1.82, 2.24) is 19.5 Å². The molecule has 0 bridgehead atoms. The second-order valence-corrected chi connectivity index (χ2v) is 10.2. The highest BCUT2D eigenvalue weighted by atomic mass is 79.9. The number of carbonyl (C=O) groups excluding carboxylic acids is 1. The molecule has 3 heterocycles. The van der Waals surface area contributed by atoms with Crippen molar-refractivity contribution in [3.8, 4) is 17.3 Å². The maximum atomic E-state index is 13.1. The van der Waals surface area contributed by atoms with Gasteiger partial charge in [-0.1, -0.05) is 41.9 Å². The Labute approximate surface area is 222 Å². The van der Waals surface area contributed by atoms with Crippen molar-refractivity contribution >= 4 is 44.9 Å². The van der Waals surface area contributed by atoms with Crippen LogP contribution in [0, 0.1) is 11.3 Å². The van der Waals surface area contributed by atoms with Crippen LogP contribution in [0.4, 0.5) is 5.82 Å². The Kier molecular flexibility index (Phi) is 6.95. The molecule has 2 aromatic heterocycles. The molecule has 1 atom stereocenters. The van der Waals surface area contributed by atoms with E-state index < -0.39 is 0 Å². The molecule has 0 aliphatic carbocycles. The van der Waals surface area contributed by atoms with Crippen LogP contribution in [0.15, 0.2) is 65.3 Å². The van der Waals surface area contributed by atoms with E-state index in [1.165, 1.54) is 0 Å². The highest BCUT2D eigenvalue weighted by Crippen LogP contribution is 2.31. The summed E-state index contributed by atoms with van der Waals surface area (Å²) in [6.45, 7) is 3.12. The Balaban J connectivity index is 1.33. The minimum absolute atomic E-state index is 0.00348. The first-order chi connectivity index (χ1) is 17.4. The molecule has 0 radical (unpaired) electrons. The summed E-state index contributed by atoms with van der Waals surface area (Å²) in [6.07, 6.45) is 3.33. The monoisotopic (exact) mass is 562 g/mol. The van der Waals surface area contributed by atoms with Gasteiger partial charge in [-0.2, -0.15) is 14.9 Å². The molecule has 4 aromatic rings. The topological polar surface area (TPSA) is 86.3 Å². The van der Waals surface area contributed by atoms with Crippen LogP contribution in [0.2, 0.25) is 5.02 Å². The Bertz CT molecular complexity index is 1470. The van der Waals surface area contributed by atoms with Crippen molar-refractivity contribution < 1.29 is 4.79 Å². The summed E-state index contributed by atoms with van der Waals surface area (Å²) in [5.41, 5.74) is 3.81. The van der Waals surface area contributed by atoms with Crippen LogP contribution in [-0.2, 0) is 0 Å². The Morgan fingerprint density at radius 1 is 1.19 bits per heavy atom. The molecule has 7 nitrogen and oxygen atoms in total. The van der Waals surface area contributed by atoms with Crippen molar-refractivity contribution in [2.24, 2.45) is 0 Å². The largest absolute Gasteiger partial charge is 0.367 e. The van der Waals surface area contributed by atoms with Crippen molar-refractivity contribution in [3.63, 3.8) is 0 Å². The van der Waals surface area contributed by atoms with Gasteiger partial charge in [0.05, 0.1) is 28.4 Å². The highest BCUT2D eigenvalue weighted by molar-refractivity contribution is 9.10. The molecule has 0 saturated carbocycles. The maximum Gasteiger partial charge on any atom is 0.253 e. The lowest BCUT2D eigenvalue weighted by molar-refractivity contribution is 0.0718. The first-order valence-corrected chi connectivity index (χ1v) is 13.0. The molecule has 5 rings (SSSR count). The molecule has 1 N–H and O–H groups in total. The summed E-state index contributed by atoms with van der Waals surface area (Å²) in [7, 11) is 0. The normalized spacial score (nSPS) is 15.0. The molecule has 1 saturated heterocycles. The third-order valence-electron chi connectivity index (χ3n) is 6.54. The molecule has 1 aliphatic rings. The third kappa shape index (κ3) is 4.81. The molecular formula is C27H24BrClN6O. The SMILES string of the molecule is CC(C#N)c1cccc(C(=O)N2CCC(Nc3cc(-c4ccccc4Cl)nc4c(Br)cnn34)CC2)c1. The molecule has 1 fully saturated rings. The van der Waals surface area contributed by atoms with Crippen LogP contribution in [0.1, 0.15) is 41.6 Å². The van der Waals surface area contributed by atoms with Gasteiger partial charge in [-0.05, 0) is 59.5 Å². The number of hydrogen-bond donors (Lipinski definition) is 1. The van der Waals surface area contributed by atoms with Gasteiger partial charge in [-0.3, -0.25) is 4.79 Å². The van der Waals surface area contributed by atoms with Gasteiger partial charge < -0.3 is 10.2 Å². The number of rotatable bonds is 5. The van der Waals surface area contributed by atoms with Gasteiger partial charge in [-0.25, -0.2) is 4.98 Å². The zero-order chi connectivity index (χ0) is 25.2. The zero-order valence-corrected chi connectivity index (χ0v) is 22.0. The Hall–Kier alpha value is -3.41. The zero-order valence-electron chi connectivity index (χ0n) is 19.7. The average molecular weight is 564 g/mol. The smallest absolute Gasteiger partial charge is 0.253 e. The predicted molar refractivity (Wildman–Crippen MR) is 144 cm³/mol. The van der Waals surface area contributed by atoms with E-state index in [9.17, 15) is 10.1 Å². The summed E-state index contributed by atoms with van der Waals surface area (Å²) in [5.74, 6) is 0.579. The number of fused-ring (bicyclic) bond motifs is 1. The summed E-state index contributed by atoms with van der Waals surface area (Å²) in [4.78, 5) is 19.8. The highest BCUT2D eigenvalue weighted by Gasteiger charge is 2.25. The second-order valence-electron chi connectivity index (χ2n) is 8.92. The van der Waals surface area contributed by atoms with Crippen molar-refractivity contribution in [2.75, 3.05) is 18.4 Å². The lowest BCUT2D eigenvalue weighted by atomic mass is 9.99. The predicted octanol–water partition coefficient (Wildman–Crippen LogP) is 6.16. The number of nitrogens with zero attached hydrogens (tertiary/aromatic N) is 5. The van der Waals surface area contributed by atoms with E-state index in [-0.39, 0.29) is 17.9 Å². The number of benzene rings is 2. The van der Waals surface area contributed by atoms with Crippen molar-refractivity contribution in [3.05, 3.63) is 81.4 Å². The first kappa shape index (κ1) is 24.3. The standard InChI is InChI=1S/C27H24BrClN6O/c1-17(15-30)18-5-4-6-19(13-18)27(36)34-11-9-20(10-12-34)32-25-14-24(21-7-2-3-8-23(21)29)33-26-22(28)16-31-35(25)26/h2-8,13-14,16-17,20,32H,9-12H2,1H3. The van der Waals surface area contributed by atoms with E-state index in [0.29, 0.717) is 29.3 Å². The number of anilines is 1. The fourth-order valence-electron chi connectivity index (χ4n) is 4.48. The number of amides is 1. The summed E-state index contributed by atoms with van der Waals surface area (Å²) in [5, 5.41) is 17.9. The van der Waals surface area contributed by atoms with Crippen molar-refractivity contribution in [2.45, 2.75) is 31.7 Å². The van der Waals surface area contributed by atoms with Gasteiger partial charge in [0.2, 0.25) is 0 Å². The molecule has 9 heteroatoms. The summed E-state index contributed by atoms with van der Waals surface area (Å²) >= 11 is 10.00. The van der Waals surface area contributed by atoms with Crippen LogP contribution in [0.3, 0.4) is 0 Å². The van der Waals surface area contributed by atoms with Gasteiger partial charge >= 0.3 is 0 Å². The molecule has 1 unspecified atom stereocenters. The van der Waals surface area contributed by atoms with Gasteiger partial charge in [0.1, 0.15) is 5.82 Å². The number of carbonyl (C=O) groups is 1. The van der Waals surface area contributed by atoms with Gasteiger partial charge in [0.25, 0.3) is 5.91 Å². The lowest BCUT2D eigenvalue weighted by Gasteiger charge is -2.33. The van der Waals surface area contributed by atoms with Gasteiger partial charge in [0, 0.05) is 41.3 Å². The minimum atomic E-state index is -0.247. The molecule has 36 heavy (non-hydrogen) atoms. The molecule has 182 valence electrons. The number of piperidine rings is 1. The lowest BCUT2D eigenvalue weighted by Crippen LogP contribution is -2.42.